The van der Waals surface area contributed by atoms with Crippen LogP contribution in [0, 0.1) is 0 Å². The molecule has 3 aromatic rings. The molecule has 3 rings (SSSR count). The Labute approximate surface area is 152 Å². The average molecular weight is 355 g/mol. The zero-order chi connectivity index (χ0) is 17.8. The molecule has 0 unspecified atom stereocenters. The number of aromatic nitrogens is 1. The molecule has 1 heterocycles. The van der Waals surface area contributed by atoms with E-state index in [1.54, 1.807) is 23.2 Å². The van der Waals surface area contributed by atoms with E-state index < -0.39 is 0 Å². The van der Waals surface area contributed by atoms with Gasteiger partial charge in [0.1, 0.15) is 0 Å². The second-order valence-electron chi connectivity index (χ2n) is 5.56. The first kappa shape index (κ1) is 17.2. The third-order valence-electron chi connectivity index (χ3n) is 4.07. The fourth-order valence-corrected chi connectivity index (χ4v) is 2.81. The van der Waals surface area contributed by atoms with Crippen LogP contribution in [0.2, 0.25) is 5.02 Å². The van der Waals surface area contributed by atoms with Crippen molar-refractivity contribution in [2.24, 2.45) is 0 Å². The van der Waals surface area contributed by atoms with Crippen molar-refractivity contribution in [3.8, 4) is 22.8 Å². The van der Waals surface area contributed by atoms with Crippen LogP contribution in [0.15, 0.2) is 59.1 Å². The van der Waals surface area contributed by atoms with E-state index in [2.05, 4.69) is 4.98 Å². The van der Waals surface area contributed by atoms with Gasteiger partial charge in [-0.1, -0.05) is 23.7 Å². The van der Waals surface area contributed by atoms with Crippen LogP contribution < -0.4 is 0 Å². The van der Waals surface area contributed by atoms with Crippen molar-refractivity contribution in [1.29, 1.82) is 0 Å². The monoisotopic (exact) mass is 354 g/mol. The molecule has 4 nitrogen and oxygen atoms in total. The summed E-state index contributed by atoms with van der Waals surface area (Å²) in [7, 11) is 0. The summed E-state index contributed by atoms with van der Waals surface area (Å²) >= 11 is 5.92. The summed E-state index contributed by atoms with van der Waals surface area (Å²) in [5.41, 5.74) is 2.17. The molecule has 0 aliphatic rings. The quantitative estimate of drug-likeness (QED) is 0.637. The van der Waals surface area contributed by atoms with Crippen LogP contribution in [-0.4, -0.2) is 28.9 Å². The van der Waals surface area contributed by atoms with Gasteiger partial charge >= 0.3 is 0 Å². The number of carbonyl (C=O) groups excluding carboxylic acids is 1. The second-order valence-corrected chi connectivity index (χ2v) is 6.00. The van der Waals surface area contributed by atoms with Gasteiger partial charge in [0, 0.05) is 29.2 Å². The molecule has 2 aromatic carbocycles. The van der Waals surface area contributed by atoms with Crippen LogP contribution in [0.1, 0.15) is 24.2 Å². The number of carbonyl (C=O) groups is 1. The Balaban J connectivity index is 1.98. The van der Waals surface area contributed by atoms with E-state index in [4.69, 9.17) is 16.0 Å². The van der Waals surface area contributed by atoms with E-state index in [0.29, 0.717) is 40.9 Å². The van der Waals surface area contributed by atoms with Gasteiger partial charge in [-0.3, -0.25) is 4.79 Å². The molecule has 0 bridgehead atoms. The van der Waals surface area contributed by atoms with Gasteiger partial charge in [0.05, 0.1) is 11.8 Å². The Kier molecular flexibility index (Phi) is 5.19. The van der Waals surface area contributed by atoms with E-state index in [-0.39, 0.29) is 5.91 Å². The molecule has 0 aliphatic carbocycles. The summed E-state index contributed by atoms with van der Waals surface area (Å²) in [5.74, 6) is 1.05. The standard InChI is InChI=1S/C20H19ClN2O2/c1-3-23(4-2)20(24)17-8-6-5-7-16(17)19-22-13-18(25-19)14-9-11-15(21)12-10-14/h5-13H,3-4H2,1-2H3. The van der Waals surface area contributed by atoms with Crippen molar-refractivity contribution in [3.63, 3.8) is 0 Å². The predicted octanol–water partition coefficient (Wildman–Crippen LogP) is 5.14. The molecule has 25 heavy (non-hydrogen) atoms. The highest BCUT2D eigenvalue weighted by Crippen LogP contribution is 2.29. The lowest BCUT2D eigenvalue weighted by Crippen LogP contribution is -2.30. The SMILES string of the molecule is CCN(CC)C(=O)c1ccccc1-c1ncc(-c2ccc(Cl)cc2)o1. The summed E-state index contributed by atoms with van der Waals surface area (Å²) in [4.78, 5) is 18.9. The number of benzene rings is 2. The van der Waals surface area contributed by atoms with E-state index in [9.17, 15) is 4.79 Å². The van der Waals surface area contributed by atoms with Gasteiger partial charge in [0.15, 0.2) is 5.76 Å². The van der Waals surface area contributed by atoms with Crippen molar-refractivity contribution in [2.45, 2.75) is 13.8 Å². The van der Waals surface area contributed by atoms with Crippen molar-refractivity contribution in [3.05, 3.63) is 65.3 Å². The summed E-state index contributed by atoms with van der Waals surface area (Å²) in [6.07, 6.45) is 1.66. The Morgan fingerprint density at radius 2 is 1.76 bits per heavy atom. The minimum Gasteiger partial charge on any atom is -0.436 e. The molecule has 0 N–H and O–H groups in total. The Bertz CT molecular complexity index is 867. The number of oxazole rings is 1. The van der Waals surface area contributed by atoms with Crippen molar-refractivity contribution in [2.75, 3.05) is 13.1 Å². The molecule has 128 valence electrons. The summed E-state index contributed by atoms with van der Waals surface area (Å²) in [6, 6.07) is 14.7. The highest BCUT2D eigenvalue weighted by Gasteiger charge is 2.20. The lowest BCUT2D eigenvalue weighted by molar-refractivity contribution is 0.0773. The number of halogens is 1. The fraction of sp³-hybridized carbons (Fsp3) is 0.200. The zero-order valence-corrected chi connectivity index (χ0v) is 15.0. The first-order valence-electron chi connectivity index (χ1n) is 8.24. The maximum absolute atomic E-state index is 12.8. The highest BCUT2D eigenvalue weighted by atomic mass is 35.5. The lowest BCUT2D eigenvalue weighted by atomic mass is 10.1. The van der Waals surface area contributed by atoms with Crippen LogP contribution in [0.3, 0.4) is 0 Å². The van der Waals surface area contributed by atoms with Crippen molar-refractivity contribution < 1.29 is 9.21 Å². The van der Waals surface area contributed by atoms with E-state index in [0.717, 1.165) is 5.56 Å². The summed E-state index contributed by atoms with van der Waals surface area (Å²) in [5, 5.41) is 0.665. The van der Waals surface area contributed by atoms with Crippen LogP contribution in [-0.2, 0) is 0 Å². The molecule has 5 heteroatoms. The van der Waals surface area contributed by atoms with Gasteiger partial charge in [-0.05, 0) is 50.2 Å². The molecular formula is C20H19ClN2O2. The van der Waals surface area contributed by atoms with E-state index in [1.807, 2.05) is 50.2 Å². The van der Waals surface area contributed by atoms with Gasteiger partial charge in [-0.15, -0.1) is 0 Å². The molecule has 0 spiro atoms. The van der Waals surface area contributed by atoms with Gasteiger partial charge in [0.2, 0.25) is 5.89 Å². The first-order chi connectivity index (χ1) is 12.1. The van der Waals surface area contributed by atoms with Gasteiger partial charge in [-0.2, -0.15) is 0 Å². The molecule has 0 aliphatic heterocycles. The van der Waals surface area contributed by atoms with Crippen LogP contribution in [0.25, 0.3) is 22.8 Å². The number of nitrogens with zero attached hydrogens (tertiary/aromatic N) is 2. The summed E-state index contributed by atoms with van der Waals surface area (Å²) < 4.78 is 5.91. The van der Waals surface area contributed by atoms with Crippen LogP contribution in [0.5, 0.6) is 0 Å². The van der Waals surface area contributed by atoms with Gasteiger partial charge in [-0.25, -0.2) is 4.98 Å². The average Bonchev–Trinajstić information content (AvgIpc) is 3.13. The largest absolute Gasteiger partial charge is 0.436 e. The van der Waals surface area contributed by atoms with Crippen molar-refractivity contribution in [1.82, 2.24) is 9.88 Å². The molecule has 0 saturated heterocycles. The normalized spacial score (nSPS) is 10.7. The number of amides is 1. The number of hydrogen-bond acceptors (Lipinski definition) is 3. The van der Waals surface area contributed by atoms with Crippen LogP contribution in [0.4, 0.5) is 0 Å². The first-order valence-corrected chi connectivity index (χ1v) is 8.62. The third-order valence-corrected chi connectivity index (χ3v) is 4.32. The number of rotatable bonds is 5. The van der Waals surface area contributed by atoms with Crippen LogP contribution >= 0.6 is 11.6 Å². The van der Waals surface area contributed by atoms with E-state index in [1.165, 1.54) is 0 Å². The Morgan fingerprint density at radius 3 is 2.44 bits per heavy atom. The molecule has 0 saturated carbocycles. The maximum Gasteiger partial charge on any atom is 0.254 e. The topological polar surface area (TPSA) is 46.3 Å². The maximum atomic E-state index is 12.8. The second kappa shape index (κ2) is 7.53. The Morgan fingerprint density at radius 1 is 1.08 bits per heavy atom. The predicted molar refractivity (Wildman–Crippen MR) is 99.6 cm³/mol. The summed E-state index contributed by atoms with van der Waals surface area (Å²) in [6.45, 7) is 5.25. The Hall–Kier alpha value is -2.59. The van der Waals surface area contributed by atoms with E-state index >= 15 is 0 Å². The molecule has 1 aromatic heterocycles. The van der Waals surface area contributed by atoms with Gasteiger partial charge < -0.3 is 9.32 Å². The molecular weight excluding hydrogens is 336 g/mol. The lowest BCUT2D eigenvalue weighted by Gasteiger charge is -2.19. The smallest absolute Gasteiger partial charge is 0.254 e. The number of hydrogen-bond donors (Lipinski definition) is 0. The minimum absolute atomic E-state index is 0.0214. The molecule has 0 radical (unpaired) electrons. The third kappa shape index (κ3) is 3.59. The van der Waals surface area contributed by atoms with Crippen molar-refractivity contribution >= 4 is 17.5 Å². The molecule has 0 atom stereocenters. The van der Waals surface area contributed by atoms with Gasteiger partial charge in [0.25, 0.3) is 5.91 Å². The zero-order valence-electron chi connectivity index (χ0n) is 14.2. The minimum atomic E-state index is -0.0214. The fourth-order valence-electron chi connectivity index (χ4n) is 2.68. The molecule has 1 amide bonds. The molecule has 0 fully saturated rings. The highest BCUT2D eigenvalue weighted by molar-refractivity contribution is 6.30.